The van der Waals surface area contributed by atoms with E-state index in [0.717, 1.165) is 24.5 Å². The van der Waals surface area contributed by atoms with Gasteiger partial charge in [-0.2, -0.15) is 0 Å². The molecule has 3 rings (SSSR count). The van der Waals surface area contributed by atoms with Crippen LogP contribution >= 0.6 is 0 Å². The first-order valence-corrected chi connectivity index (χ1v) is 5.23. The Bertz CT molecular complexity index is 469. The summed E-state index contributed by atoms with van der Waals surface area (Å²) in [5.74, 6) is 0.716. The molecular weight excluding hydrogens is 204 g/mol. The number of ether oxygens (including phenoxy) is 1. The maximum atomic E-state index is 5.49. The Labute approximate surface area is 93.1 Å². The van der Waals surface area contributed by atoms with Crippen LogP contribution in [-0.2, 0) is 6.54 Å². The van der Waals surface area contributed by atoms with Gasteiger partial charge in [0.1, 0.15) is 12.3 Å². The number of aromatic amines is 1. The molecule has 5 nitrogen and oxygen atoms in total. The SMILES string of the molecule is c1cnc2c(c1)N(Cc1cnc[nH]1)CCO2. The van der Waals surface area contributed by atoms with Gasteiger partial charge in [-0.1, -0.05) is 0 Å². The molecule has 1 aliphatic rings. The second-order valence-electron chi connectivity index (χ2n) is 3.67. The van der Waals surface area contributed by atoms with Crippen LogP contribution in [0.5, 0.6) is 5.88 Å². The standard InChI is InChI=1S/C11H12N4O/c1-2-10-11(13-3-1)16-5-4-15(10)7-9-6-12-8-14-9/h1-3,6,8H,4-5,7H2,(H,12,14). The van der Waals surface area contributed by atoms with Gasteiger partial charge in [0, 0.05) is 12.4 Å². The Kier molecular flexibility index (Phi) is 2.21. The summed E-state index contributed by atoms with van der Waals surface area (Å²) in [5.41, 5.74) is 2.14. The number of anilines is 1. The van der Waals surface area contributed by atoms with Gasteiger partial charge in [-0.25, -0.2) is 9.97 Å². The average Bonchev–Trinajstić information content (AvgIpc) is 2.82. The lowest BCUT2D eigenvalue weighted by molar-refractivity contribution is 0.294. The van der Waals surface area contributed by atoms with Crippen molar-refractivity contribution in [2.75, 3.05) is 18.1 Å². The van der Waals surface area contributed by atoms with Crippen LogP contribution in [0.2, 0.25) is 0 Å². The van der Waals surface area contributed by atoms with Crippen molar-refractivity contribution >= 4 is 5.69 Å². The lowest BCUT2D eigenvalue weighted by Gasteiger charge is -2.29. The van der Waals surface area contributed by atoms with Gasteiger partial charge in [-0.3, -0.25) is 0 Å². The summed E-state index contributed by atoms with van der Waals surface area (Å²) in [6.45, 7) is 2.36. The number of hydrogen-bond donors (Lipinski definition) is 1. The summed E-state index contributed by atoms with van der Waals surface area (Å²) in [5, 5.41) is 0. The van der Waals surface area contributed by atoms with Crippen molar-refractivity contribution in [2.24, 2.45) is 0 Å². The first-order valence-electron chi connectivity index (χ1n) is 5.23. The number of rotatable bonds is 2. The maximum absolute atomic E-state index is 5.49. The minimum Gasteiger partial charge on any atom is -0.474 e. The summed E-state index contributed by atoms with van der Waals surface area (Å²) >= 11 is 0. The molecule has 16 heavy (non-hydrogen) atoms. The summed E-state index contributed by atoms with van der Waals surface area (Å²) in [4.78, 5) is 13.6. The highest BCUT2D eigenvalue weighted by Gasteiger charge is 2.18. The van der Waals surface area contributed by atoms with Gasteiger partial charge in [0.25, 0.3) is 0 Å². The first-order chi connectivity index (χ1) is 7.93. The van der Waals surface area contributed by atoms with Gasteiger partial charge in [0.15, 0.2) is 0 Å². The molecule has 0 spiro atoms. The predicted octanol–water partition coefficient (Wildman–Crippen LogP) is 1.20. The van der Waals surface area contributed by atoms with E-state index in [9.17, 15) is 0 Å². The van der Waals surface area contributed by atoms with Crippen LogP contribution in [0.15, 0.2) is 30.9 Å². The summed E-state index contributed by atoms with van der Waals surface area (Å²) < 4.78 is 5.49. The second-order valence-corrected chi connectivity index (χ2v) is 3.67. The number of H-pyrrole nitrogens is 1. The Morgan fingerprint density at radius 3 is 3.38 bits per heavy atom. The van der Waals surface area contributed by atoms with Gasteiger partial charge in [0.05, 0.1) is 25.1 Å². The van der Waals surface area contributed by atoms with Crippen molar-refractivity contribution in [3.05, 3.63) is 36.5 Å². The van der Waals surface area contributed by atoms with Crippen LogP contribution in [0.4, 0.5) is 5.69 Å². The van der Waals surface area contributed by atoms with Gasteiger partial charge in [-0.05, 0) is 12.1 Å². The second kappa shape index (κ2) is 3.84. The summed E-state index contributed by atoms with van der Waals surface area (Å²) in [6.07, 6.45) is 5.28. The van der Waals surface area contributed by atoms with Crippen molar-refractivity contribution in [2.45, 2.75) is 6.54 Å². The summed E-state index contributed by atoms with van der Waals surface area (Å²) in [7, 11) is 0. The molecule has 0 radical (unpaired) electrons. The van der Waals surface area contributed by atoms with Crippen LogP contribution in [0.3, 0.4) is 0 Å². The van der Waals surface area contributed by atoms with E-state index in [2.05, 4.69) is 19.9 Å². The number of nitrogens with one attached hydrogen (secondary N) is 1. The van der Waals surface area contributed by atoms with E-state index in [4.69, 9.17) is 4.74 Å². The molecule has 3 heterocycles. The number of hydrogen-bond acceptors (Lipinski definition) is 4. The molecule has 0 aliphatic carbocycles. The van der Waals surface area contributed by atoms with E-state index >= 15 is 0 Å². The van der Waals surface area contributed by atoms with Crippen molar-refractivity contribution in [1.29, 1.82) is 0 Å². The van der Waals surface area contributed by atoms with E-state index in [1.807, 2.05) is 18.3 Å². The molecule has 0 amide bonds. The fourth-order valence-corrected chi connectivity index (χ4v) is 1.85. The number of aromatic nitrogens is 3. The van der Waals surface area contributed by atoms with E-state index in [1.165, 1.54) is 0 Å². The molecule has 0 bridgehead atoms. The smallest absolute Gasteiger partial charge is 0.237 e. The lowest BCUT2D eigenvalue weighted by Crippen LogP contribution is -2.32. The van der Waals surface area contributed by atoms with E-state index in [1.54, 1.807) is 12.5 Å². The zero-order chi connectivity index (χ0) is 10.8. The molecular formula is C11H12N4O. The van der Waals surface area contributed by atoms with E-state index < -0.39 is 0 Å². The average molecular weight is 216 g/mol. The Morgan fingerprint density at radius 1 is 1.50 bits per heavy atom. The highest BCUT2D eigenvalue weighted by atomic mass is 16.5. The first kappa shape index (κ1) is 9.21. The molecule has 1 aliphatic heterocycles. The van der Waals surface area contributed by atoms with Gasteiger partial charge < -0.3 is 14.6 Å². The number of imidazole rings is 1. The highest BCUT2D eigenvalue weighted by molar-refractivity contribution is 5.56. The van der Waals surface area contributed by atoms with Crippen molar-refractivity contribution < 1.29 is 4.74 Å². The monoisotopic (exact) mass is 216 g/mol. The molecule has 5 heteroatoms. The van der Waals surface area contributed by atoms with Crippen molar-refractivity contribution in [1.82, 2.24) is 15.0 Å². The zero-order valence-corrected chi connectivity index (χ0v) is 8.76. The van der Waals surface area contributed by atoms with Crippen LogP contribution < -0.4 is 9.64 Å². The molecule has 2 aromatic heterocycles. The third kappa shape index (κ3) is 1.60. The van der Waals surface area contributed by atoms with Crippen molar-refractivity contribution in [3.8, 4) is 5.88 Å². The molecule has 1 N–H and O–H groups in total. The normalized spacial score (nSPS) is 14.4. The van der Waals surface area contributed by atoms with E-state index in [0.29, 0.717) is 12.5 Å². The molecule has 0 atom stereocenters. The van der Waals surface area contributed by atoms with Crippen molar-refractivity contribution in [3.63, 3.8) is 0 Å². The van der Waals surface area contributed by atoms with Crippen LogP contribution in [-0.4, -0.2) is 28.1 Å². The molecule has 0 aromatic carbocycles. The topological polar surface area (TPSA) is 54.0 Å². The highest BCUT2D eigenvalue weighted by Crippen LogP contribution is 2.29. The molecule has 0 saturated heterocycles. The van der Waals surface area contributed by atoms with Crippen LogP contribution in [0.1, 0.15) is 5.69 Å². The van der Waals surface area contributed by atoms with Gasteiger partial charge in [0.2, 0.25) is 5.88 Å². The number of nitrogens with zero attached hydrogens (tertiary/aromatic N) is 3. The van der Waals surface area contributed by atoms with Gasteiger partial charge >= 0.3 is 0 Å². The fourth-order valence-electron chi connectivity index (χ4n) is 1.85. The quantitative estimate of drug-likeness (QED) is 0.819. The van der Waals surface area contributed by atoms with Crippen LogP contribution in [0.25, 0.3) is 0 Å². The molecule has 82 valence electrons. The Balaban J connectivity index is 1.87. The molecule has 2 aromatic rings. The third-order valence-corrected chi connectivity index (χ3v) is 2.61. The van der Waals surface area contributed by atoms with E-state index in [-0.39, 0.29) is 0 Å². The minimum atomic E-state index is 0.679. The van der Waals surface area contributed by atoms with Crippen LogP contribution in [0, 0.1) is 0 Å². The predicted molar refractivity (Wildman–Crippen MR) is 59.4 cm³/mol. The Morgan fingerprint density at radius 2 is 2.50 bits per heavy atom. The zero-order valence-electron chi connectivity index (χ0n) is 8.76. The molecule has 0 fully saturated rings. The number of fused-ring (bicyclic) bond motifs is 1. The third-order valence-electron chi connectivity index (χ3n) is 2.61. The molecule has 0 saturated carbocycles. The summed E-state index contributed by atoms with van der Waals surface area (Å²) in [6, 6.07) is 3.95. The lowest BCUT2D eigenvalue weighted by atomic mass is 10.3. The largest absolute Gasteiger partial charge is 0.474 e. The minimum absolute atomic E-state index is 0.679. The van der Waals surface area contributed by atoms with Gasteiger partial charge in [-0.15, -0.1) is 0 Å². The number of pyridine rings is 1. The fraction of sp³-hybridized carbons (Fsp3) is 0.273. The Hall–Kier alpha value is -2.04. The molecule has 0 unspecified atom stereocenters. The maximum Gasteiger partial charge on any atom is 0.237 e.